The van der Waals surface area contributed by atoms with E-state index in [0.717, 1.165) is 17.9 Å². The lowest BCUT2D eigenvalue weighted by Gasteiger charge is -2.21. The van der Waals surface area contributed by atoms with Gasteiger partial charge in [-0.1, -0.05) is 32.1 Å². The minimum atomic E-state index is -0.152. The van der Waals surface area contributed by atoms with Crippen LogP contribution in [0.1, 0.15) is 49.0 Å². The van der Waals surface area contributed by atoms with Gasteiger partial charge in [-0.15, -0.1) is 0 Å². The Morgan fingerprint density at radius 3 is 2.62 bits per heavy atom. The first kappa shape index (κ1) is 15.6. The fourth-order valence-electron chi connectivity index (χ4n) is 3.13. The quantitative estimate of drug-likeness (QED) is 0.839. The Balaban J connectivity index is 1.97. The highest BCUT2D eigenvalue weighted by Crippen LogP contribution is 2.33. The zero-order valence-corrected chi connectivity index (χ0v) is 12.7. The third-order valence-electron chi connectivity index (χ3n) is 4.53. The summed E-state index contributed by atoms with van der Waals surface area (Å²) >= 11 is 0. The smallest absolute Gasteiger partial charge is 0.251 e. The zero-order valence-electron chi connectivity index (χ0n) is 12.7. The van der Waals surface area contributed by atoms with Crippen molar-refractivity contribution in [3.05, 3.63) is 35.4 Å². The van der Waals surface area contributed by atoms with Gasteiger partial charge in [0, 0.05) is 17.2 Å². The Labute approximate surface area is 126 Å². The second kappa shape index (κ2) is 7.28. The topological polar surface area (TPSA) is 49.3 Å². The van der Waals surface area contributed by atoms with E-state index < -0.39 is 0 Å². The first-order valence-corrected chi connectivity index (χ1v) is 7.66. The molecule has 1 amide bonds. The number of hydrogen-bond acceptors (Lipinski definition) is 2. The number of amides is 1. The van der Waals surface area contributed by atoms with Crippen molar-refractivity contribution in [1.82, 2.24) is 5.32 Å². The Morgan fingerprint density at radius 2 is 2.05 bits per heavy atom. The van der Waals surface area contributed by atoms with Gasteiger partial charge in [0.2, 0.25) is 0 Å². The lowest BCUT2D eigenvalue weighted by Crippen LogP contribution is -2.37. The third-order valence-corrected chi connectivity index (χ3v) is 4.53. The molecule has 3 heteroatoms. The summed E-state index contributed by atoms with van der Waals surface area (Å²) in [6.07, 6.45) is 3.47. The lowest BCUT2D eigenvalue weighted by molar-refractivity contribution is 0.0926. The van der Waals surface area contributed by atoms with E-state index in [9.17, 15) is 4.79 Å². The summed E-state index contributed by atoms with van der Waals surface area (Å²) in [5, 5.41) is 11.8. The molecule has 0 aliphatic heterocycles. The van der Waals surface area contributed by atoms with Crippen molar-refractivity contribution in [2.45, 2.75) is 39.2 Å². The maximum Gasteiger partial charge on any atom is 0.251 e. The number of rotatable bonds is 3. The van der Waals surface area contributed by atoms with Gasteiger partial charge in [0.05, 0.1) is 0 Å². The highest BCUT2D eigenvalue weighted by molar-refractivity contribution is 5.94. The van der Waals surface area contributed by atoms with Crippen LogP contribution in [0.15, 0.2) is 24.3 Å². The molecule has 0 spiro atoms. The fraction of sp³-hybridized carbons (Fsp3) is 0.500. The highest BCUT2D eigenvalue weighted by Gasteiger charge is 2.32. The van der Waals surface area contributed by atoms with Crippen molar-refractivity contribution < 1.29 is 9.90 Å². The Hall–Kier alpha value is -1.79. The van der Waals surface area contributed by atoms with Crippen LogP contribution in [0.5, 0.6) is 0 Å². The van der Waals surface area contributed by atoms with Crippen molar-refractivity contribution in [3.63, 3.8) is 0 Å². The van der Waals surface area contributed by atoms with E-state index in [-0.39, 0.29) is 18.6 Å². The molecule has 1 aliphatic carbocycles. The molecule has 1 fully saturated rings. The van der Waals surface area contributed by atoms with Crippen molar-refractivity contribution in [2.24, 2.45) is 11.8 Å². The summed E-state index contributed by atoms with van der Waals surface area (Å²) in [5.74, 6) is 6.69. The Bertz CT molecular complexity index is 539. The van der Waals surface area contributed by atoms with Crippen molar-refractivity contribution >= 4 is 5.91 Å². The predicted molar refractivity (Wildman–Crippen MR) is 83.8 cm³/mol. The summed E-state index contributed by atoms with van der Waals surface area (Å²) < 4.78 is 0. The number of benzene rings is 1. The zero-order chi connectivity index (χ0) is 15.2. The van der Waals surface area contributed by atoms with Crippen LogP contribution in [0.25, 0.3) is 0 Å². The van der Waals surface area contributed by atoms with E-state index in [1.165, 1.54) is 12.8 Å². The van der Waals surface area contributed by atoms with Crippen LogP contribution >= 0.6 is 0 Å². The minimum absolute atomic E-state index is 0.00901. The van der Waals surface area contributed by atoms with E-state index in [4.69, 9.17) is 5.11 Å². The van der Waals surface area contributed by atoms with Crippen LogP contribution < -0.4 is 5.32 Å². The van der Waals surface area contributed by atoms with Crippen molar-refractivity contribution in [1.29, 1.82) is 0 Å². The SMILES string of the molecule is CCC1CCC(NC(=O)c2ccc(C#CCO)cc2)C1C. The molecule has 3 atom stereocenters. The first-order valence-electron chi connectivity index (χ1n) is 7.66. The van der Waals surface area contributed by atoms with Gasteiger partial charge in [-0.05, 0) is 48.9 Å². The van der Waals surface area contributed by atoms with Gasteiger partial charge in [-0.2, -0.15) is 0 Å². The van der Waals surface area contributed by atoms with E-state index in [2.05, 4.69) is 31.0 Å². The lowest BCUT2D eigenvalue weighted by atomic mass is 9.93. The molecule has 1 aromatic rings. The average Bonchev–Trinajstić information content (AvgIpc) is 2.86. The standard InChI is InChI=1S/C18H23NO2/c1-3-15-10-11-17(13(15)2)19-18(21)16-8-6-14(7-9-16)5-4-12-20/h6-9,13,15,17,20H,3,10-12H2,1-2H3,(H,19,21). The average molecular weight is 285 g/mol. The number of aliphatic hydroxyl groups excluding tert-OH is 1. The molecule has 1 aliphatic rings. The molecule has 1 saturated carbocycles. The second-order valence-corrected chi connectivity index (χ2v) is 5.72. The Morgan fingerprint density at radius 1 is 1.33 bits per heavy atom. The Kier molecular flexibility index (Phi) is 5.41. The van der Waals surface area contributed by atoms with Crippen LogP contribution in [0.3, 0.4) is 0 Å². The fourth-order valence-corrected chi connectivity index (χ4v) is 3.13. The molecule has 21 heavy (non-hydrogen) atoms. The van der Waals surface area contributed by atoms with Gasteiger partial charge < -0.3 is 10.4 Å². The molecule has 0 saturated heterocycles. The summed E-state index contributed by atoms with van der Waals surface area (Å²) in [4.78, 5) is 12.3. The molecule has 3 nitrogen and oxygen atoms in total. The molecule has 1 aromatic carbocycles. The summed E-state index contributed by atoms with van der Waals surface area (Å²) in [7, 11) is 0. The monoisotopic (exact) mass is 285 g/mol. The maximum absolute atomic E-state index is 12.3. The van der Waals surface area contributed by atoms with Crippen LogP contribution in [0.2, 0.25) is 0 Å². The van der Waals surface area contributed by atoms with E-state index in [0.29, 0.717) is 11.5 Å². The summed E-state index contributed by atoms with van der Waals surface area (Å²) in [6.45, 7) is 4.30. The second-order valence-electron chi connectivity index (χ2n) is 5.72. The molecule has 112 valence electrons. The number of hydrogen-bond donors (Lipinski definition) is 2. The third kappa shape index (κ3) is 3.86. The van der Waals surface area contributed by atoms with Gasteiger partial charge in [0.15, 0.2) is 0 Å². The molecule has 0 aromatic heterocycles. The molecular formula is C18H23NO2. The van der Waals surface area contributed by atoms with E-state index in [1.807, 2.05) is 12.1 Å². The van der Waals surface area contributed by atoms with E-state index in [1.54, 1.807) is 12.1 Å². The maximum atomic E-state index is 12.3. The van der Waals surface area contributed by atoms with Crippen molar-refractivity contribution in [3.8, 4) is 11.8 Å². The largest absolute Gasteiger partial charge is 0.384 e. The molecule has 0 bridgehead atoms. The first-order chi connectivity index (χ1) is 10.2. The van der Waals surface area contributed by atoms with Crippen LogP contribution in [0, 0.1) is 23.7 Å². The molecule has 0 heterocycles. The van der Waals surface area contributed by atoms with Crippen LogP contribution in [-0.4, -0.2) is 23.7 Å². The van der Waals surface area contributed by atoms with Gasteiger partial charge in [0.1, 0.15) is 6.61 Å². The number of carbonyl (C=O) groups is 1. The molecular weight excluding hydrogens is 262 g/mol. The molecule has 0 radical (unpaired) electrons. The minimum Gasteiger partial charge on any atom is -0.384 e. The molecule has 2 rings (SSSR count). The van der Waals surface area contributed by atoms with Gasteiger partial charge in [-0.3, -0.25) is 4.79 Å². The predicted octanol–water partition coefficient (Wildman–Crippen LogP) is 2.58. The van der Waals surface area contributed by atoms with Gasteiger partial charge in [-0.25, -0.2) is 0 Å². The van der Waals surface area contributed by atoms with Crippen LogP contribution in [0.4, 0.5) is 0 Å². The van der Waals surface area contributed by atoms with E-state index >= 15 is 0 Å². The van der Waals surface area contributed by atoms with Gasteiger partial charge in [0.25, 0.3) is 5.91 Å². The summed E-state index contributed by atoms with van der Waals surface area (Å²) in [6, 6.07) is 7.48. The number of nitrogens with one attached hydrogen (secondary N) is 1. The molecule has 2 N–H and O–H groups in total. The van der Waals surface area contributed by atoms with Crippen LogP contribution in [-0.2, 0) is 0 Å². The van der Waals surface area contributed by atoms with Gasteiger partial charge >= 0.3 is 0 Å². The summed E-state index contributed by atoms with van der Waals surface area (Å²) in [5.41, 5.74) is 1.47. The normalized spacial score (nSPS) is 24.2. The highest BCUT2D eigenvalue weighted by atomic mass is 16.2. The van der Waals surface area contributed by atoms with Crippen molar-refractivity contribution in [2.75, 3.05) is 6.61 Å². The number of carbonyl (C=O) groups excluding carboxylic acids is 1. The number of aliphatic hydroxyl groups is 1. The molecule has 3 unspecified atom stereocenters.